The van der Waals surface area contributed by atoms with Gasteiger partial charge in [-0.25, -0.2) is 0 Å². The van der Waals surface area contributed by atoms with Crippen LogP contribution in [0.5, 0.6) is 0 Å². The summed E-state index contributed by atoms with van der Waals surface area (Å²) in [6, 6.07) is 4.44. The molecule has 120 valence electrons. The van der Waals surface area contributed by atoms with Crippen LogP contribution in [0.4, 0.5) is 5.69 Å². The van der Waals surface area contributed by atoms with Crippen LogP contribution < -0.4 is 10.6 Å². The van der Waals surface area contributed by atoms with E-state index in [1.807, 2.05) is 25.5 Å². The van der Waals surface area contributed by atoms with Crippen LogP contribution in [0.25, 0.3) is 0 Å². The molecule has 0 unspecified atom stereocenters. The van der Waals surface area contributed by atoms with Gasteiger partial charge in [-0.1, -0.05) is 6.07 Å². The summed E-state index contributed by atoms with van der Waals surface area (Å²) in [6.07, 6.45) is 0.941. The molecule has 2 N–H and O–H groups in total. The molecule has 5 nitrogen and oxygen atoms in total. The monoisotopic (exact) mass is 320 g/mol. The van der Waals surface area contributed by atoms with Crippen LogP contribution in [0.15, 0.2) is 17.5 Å². The second-order valence-electron chi connectivity index (χ2n) is 5.48. The molecule has 0 bridgehead atoms. The number of anilines is 1. The molecule has 1 atom stereocenters. The highest BCUT2D eigenvalue weighted by atomic mass is 32.1. The lowest BCUT2D eigenvalue weighted by Gasteiger charge is -2.13. The van der Waals surface area contributed by atoms with Crippen molar-refractivity contribution in [2.75, 3.05) is 11.9 Å². The Kier molecular flexibility index (Phi) is 5.74. The van der Waals surface area contributed by atoms with Crippen molar-refractivity contribution in [3.63, 3.8) is 0 Å². The van der Waals surface area contributed by atoms with E-state index >= 15 is 0 Å². The summed E-state index contributed by atoms with van der Waals surface area (Å²) in [6.45, 7) is 9.15. The molecule has 0 spiro atoms. The summed E-state index contributed by atoms with van der Waals surface area (Å²) in [5.74, 6) is -0.0279. The summed E-state index contributed by atoms with van der Waals surface area (Å²) in [4.78, 5) is 13.4. The smallest absolute Gasteiger partial charge is 0.238 e. The number of thiophene rings is 1. The lowest BCUT2D eigenvalue weighted by molar-refractivity contribution is -0.115. The highest BCUT2D eigenvalue weighted by Crippen LogP contribution is 2.19. The van der Waals surface area contributed by atoms with E-state index in [4.69, 9.17) is 0 Å². The molecule has 2 rings (SSSR count). The minimum absolute atomic E-state index is 0.0279. The molecule has 0 aromatic carbocycles. The minimum atomic E-state index is -0.0279. The fraction of sp³-hybridized carbons (Fsp3) is 0.500. The predicted octanol–water partition coefficient (Wildman–Crippen LogP) is 2.74. The van der Waals surface area contributed by atoms with Crippen molar-refractivity contribution < 1.29 is 4.79 Å². The van der Waals surface area contributed by atoms with E-state index in [2.05, 4.69) is 40.2 Å². The van der Waals surface area contributed by atoms with Gasteiger partial charge >= 0.3 is 0 Å². The molecule has 2 heterocycles. The van der Waals surface area contributed by atoms with Crippen molar-refractivity contribution in [3.8, 4) is 0 Å². The van der Waals surface area contributed by atoms with Crippen LogP contribution in [0.1, 0.15) is 30.1 Å². The van der Waals surface area contributed by atoms with Gasteiger partial charge in [0.1, 0.15) is 0 Å². The number of aryl methyl sites for hydroxylation is 2. The van der Waals surface area contributed by atoms with Gasteiger partial charge in [-0.15, -0.1) is 11.3 Å². The van der Waals surface area contributed by atoms with Crippen molar-refractivity contribution in [1.29, 1.82) is 0 Å². The number of rotatable bonds is 7. The zero-order chi connectivity index (χ0) is 16.1. The fourth-order valence-electron chi connectivity index (χ4n) is 2.44. The van der Waals surface area contributed by atoms with Crippen LogP contribution in [0.2, 0.25) is 0 Å². The average molecular weight is 320 g/mol. The summed E-state index contributed by atoms with van der Waals surface area (Å²) in [7, 11) is 0. The maximum atomic E-state index is 12.1. The Morgan fingerprint density at radius 3 is 2.82 bits per heavy atom. The molecule has 0 saturated heterocycles. The number of aromatic nitrogens is 2. The lowest BCUT2D eigenvalue weighted by Crippen LogP contribution is -2.35. The molecule has 0 saturated carbocycles. The molecular weight excluding hydrogens is 296 g/mol. The summed E-state index contributed by atoms with van der Waals surface area (Å²) < 4.78 is 1.90. The second-order valence-corrected chi connectivity index (χ2v) is 6.51. The Morgan fingerprint density at radius 2 is 2.23 bits per heavy atom. The van der Waals surface area contributed by atoms with Crippen LogP contribution in [-0.2, 0) is 17.8 Å². The van der Waals surface area contributed by atoms with E-state index in [-0.39, 0.29) is 11.9 Å². The first-order valence-electron chi connectivity index (χ1n) is 7.60. The van der Waals surface area contributed by atoms with Crippen LogP contribution in [0.3, 0.4) is 0 Å². The Bertz CT molecular complexity index is 618. The first-order valence-corrected chi connectivity index (χ1v) is 8.48. The van der Waals surface area contributed by atoms with E-state index in [9.17, 15) is 4.79 Å². The van der Waals surface area contributed by atoms with Gasteiger partial charge < -0.3 is 10.6 Å². The third-order valence-corrected chi connectivity index (χ3v) is 4.54. The number of hydrogen-bond acceptors (Lipinski definition) is 4. The Labute approximate surface area is 135 Å². The van der Waals surface area contributed by atoms with Gasteiger partial charge in [-0.3, -0.25) is 9.48 Å². The minimum Gasteiger partial charge on any atom is -0.322 e. The number of hydrogen-bond donors (Lipinski definition) is 2. The van der Waals surface area contributed by atoms with Gasteiger partial charge in [0.05, 0.1) is 23.6 Å². The molecule has 0 aliphatic rings. The summed E-state index contributed by atoms with van der Waals surface area (Å²) in [5, 5.41) is 12.7. The van der Waals surface area contributed by atoms with Crippen molar-refractivity contribution in [3.05, 3.63) is 33.8 Å². The van der Waals surface area contributed by atoms with Crippen molar-refractivity contribution in [2.24, 2.45) is 0 Å². The number of carbonyl (C=O) groups excluding carboxylic acids is 1. The summed E-state index contributed by atoms with van der Waals surface area (Å²) in [5.41, 5.74) is 2.69. The molecule has 0 aliphatic carbocycles. The number of carbonyl (C=O) groups is 1. The third kappa shape index (κ3) is 4.18. The molecule has 0 fully saturated rings. The highest BCUT2D eigenvalue weighted by Gasteiger charge is 2.14. The van der Waals surface area contributed by atoms with Gasteiger partial charge in [0.15, 0.2) is 0 Å². The Hall–Kier alpha value is -1.66. The largest absolute Gasteiger partial charge is 0.322 e. The van der Waals surface area contributed by atoms with Crippen molar-refractivity contribution in [1.82, 2.24) is 15.1 Å². The van der Waals surface area contributed by atoms with Crippen molar-refractivity contribution >= 4 is 22.9 Å². The molecular formula is C16H24N4OS. The van der Waals surface area contributed by atoms with Gasteiger partial charge in [0.2, 0.25) is 5.91 Å². The molecule has 1 amide bonds. The van der Waals surface area contributed by atoms with E-state index in [1.165, 1.54) is 4.88 Å². The molecule has 0 radical (unpaired) electrons. The maximum Gasteiger partial charge on any atom is 0.238 e. The third-order valence-electron chi connectivity index (χ3n) is 3.64. The maximum absolute atomic E-state index is 12.1. The molecule has 22 heavy (non-hydrogen) atoms. The zero-order valence-electron chi connectivity index (χ0n) is 13.6. The van der Waals surface area contributed by atoms with Gasteiger partial charge in [0, 0.05) is 17.5 Å². The van der Waals surface area contributed by atoms with E-state index in [1.54, 1.807) is 11.3 Å². The van der Waals surface area contributed by atoms with Crippen LogP contribution >= 0.6 is 11.3 Å². The standard InChI is InChI=1S/C16H24N4OS/c1-5-20-13(4)16(12(3)19-20)18-15(21)10-17-11(2)9-14-7-6-8-22-14/h6-8,11,17H,5,9-10H2,1-4H3,(H,18,21)/t11-/m1/s1. The number of amides is 1. The first kappa shape index (κ1) is 16.7. The fourth-order valence-corrected chi connectivity index (χ4v) is 3.27. The highest BCUT2D eigenvalue weighted by molar-refractivity contribution is 7.09. The molecule has 2 aromatic rings. The second kappa shape index (κ2) is 7.56. The Balaban J connectivity index is 1.84. The average Bonchev–Trinajstić information content (AvgIpc) is 3.08. The molecule has 0 aliphatic heterocycles. The van der Waals surface area contributed by atoms with Gasteiger partial charge in [-0.2, -0.15) is 5.10 Å². The zero-order valence-corrected chi connectivity index (χ0v) is 14.5. The quantitative estimate of drug-likeness (QED) is 0.825. The van der Waals surface area contributed by atoms with Gasteiger partial charge in [0.25, 0.3) is 0 Å². The number of nitrogens with one attached hydrogen (secondary N) is 2. The topological polar surface area (TPSA) is 59.0 Å². The first-order chi connectivity index (χ1) is 10.5. The Morgan fingerprint density at radius 1 is 1.45 bits per heavy atom. The summed E-state index contributed by atoms with van der Waals surface area (Å²) >= 11 is 1.75. The molecule has 6 heteroatoms. The van der Waals surface area contributed by atoms with Crippen LogP contribution in [0, 0.1) is 13.8 Å². The van der Waals surface area contributed by atoms with Gasteiger partial charge in [-0.05, 0) is 45.6 Å². The molecule has 2 aromatic heterocycles. The van der Waals surface area contributed by atoms with Crippen molar-refractivity contribution in [2.45, 2.75) is 46.7 Å². The predicted molar refractivity (Wildman–Crippen MR) is 91.5 cm³/mol. The number of nitrogens with zero attached hydrogens (tertiary/aromatic N) is 2. The van der Waals surface area contributed by atoms with E-state index in [0.717, 1.165) is 30.0 Å². The van der Waals surface area contributed by atoms with E-state index in [0.29, 0.717) is 6.54 Å². The lowest BCUT2D eigenvalue weighted by atomic mass is 10.2. The SMILES string of the molecule is CCn1nc(C)c(NC(=O)CN[C@H](C)Cc2cccs2)c1C. The van der Waals surface area contributed by atoms with Crippen LogP contribution in [-0.4, -0.2) is 28.3 Å². The van der Waals surface area contributed by atoms with E-state index < -0.39 is 0 Å². The normalized spacial score (nSPS) is 12.4.